The van der Waals surface area contributed by atoms with Gasteiger partial charge in [0, 0.05) is 0 Å². The van der Waals surface area contributed by atoms with E-state index < -0.39 is 30.1 Å². The average Bonchev–Trinajstić information content (AvgIpc) is 2.56. The summed E-state index contributed by atoms with van der Waals surface area (Å²) in [6.45, 7) is 0. The molecule has 1 unspecified atom stereocenters. The SMILES string of the molecule is NNC(c1occc1Br)C(C(F)(F)F)C(F)(F)F. The third-order valence-corrected chi connectivity index (χ3v) is 2.80. The highest BCUT2D eigenvalue weighted by molar-refractivity contribution is 9.10. The number of hydrogen-bond acceptors (Lipinski definition) is 3. The van der Waals surface area contributed by atoms with Gasteiger partial charge in [0.05, 0.1) is 10.7 Å². The highest BCUT2D eigenvalue weighted by atomic mass is 79.9. The van der Waals surface area contributed by atoms with E-state index in [1.165, 1.54) is 11.5 Å². The molecule has 1 aromatic heterocycles. The highest BCUT2D eigenvalue weighted by Gasteiger charge is 2.61. The number of hydrogen-bond donors (Lipinski definition) is 2. The molecular formula is C8H7BrF6N2O. The molecule has 1 heterocycles. The predicted octanol–water partition coefficient (Wildman–Crippen LogP) is 3.29. The smallest absolute Gasteiger partial charge is 0.402 e. The van der Waals surface area contributed by atoms with Crippen LogP contribution in [-0.4, -0.2) is 12.4 Å². The van der Waals surface area contributed by atoms with Gasteiger partial charge in [-0.1, -0.05) is 0 Å². The van der Waals surface area contributed by atoms with Crippen LogP contribution in [0.2, 0.25) is 0 Å². The summed E-state index contributed by atoms with van der Waals surface area (Å²) in [5.74, 6) is 0.555. The molecule has 0 aliphatic rings. The molecule has 0 aromatic carbocycles. The Labute approximate surface area is 105 Å². The van der Waals surface area contributed by atoms with Crippen LogP contribution < -0.4 is 11.3 Å². The molecule has 0 amide bonds. The summed E-state index contributed by atoms with van der Waals surface area (Å²) in [6.07, 6.45) is -10.1. The van der Waals surface area contributed by atoms with Gasteiger partial charge in [-0.25, -0.2) is 5.43 Å². The summed E-state index contributed by atoms with van der Waals surface area (Å²) >= 11 is 2.79. The van der Waals surface area contributed by atoms with Gasteiger partial charge >= 0.3 is 12.4 Å². The zero-order valence-corrected chi connectivity index (χ0v) is 10.0. The molecule has 0 saturated carbocycles. The lowest BCUT2D eigenvalue weighted by molar-refractivity contribution is -0.294. The third-order valence-electron chi connectivity index (χ3n) is 2.15. The van der Waals surface area contributed by atoms with Gasteiger partial charge in [0.2, 0.25) is 0 Å². The van der Waals surface area contributed by atoms with Crippen LogP contribution in [0.25, 0.3) is 0 Å². The monoisotopic (exact) mass is 340 g/mol. The van der Waals surface area contributed by atoms with Crippen molar-refractivity contribution >= 4 is 15.9 Å². The molecule has 0 fully saturated rings. The zero-order valence-electron chi connectivity index (χ0n) is 8.44. The van der Waals surface area contributed by atoms with Gasteiger partial charge in [0.1, 0.15) is 11.8 Å². The van der Waals surface area contributed by atoms with Crippen LogP contribution in [0.1, 0.15) is 11.8 Å². The van der Waals surface area contributed by atoms with Crippen molar-refractivity contribution < 1.29 is 30.8 Å². The summed E-state index contributed by atoms with van der Waals surface area (Å²) in [6, 6.07) is -1.10. The number of nitrogens with two attached hydrogens (primary N) is 1. The average molecular weight is 341 g/mol. The van der Waals surface area contributed by atoms with Crippen molar-refractivity contribution in [3.8, 4) is 0 Å². The molecule has 3 nitrogen and oxygen atoms in total. The zero-order chi connectivity index (χ0) is 14.1. The Kier molecular flexibility index (Phi) is 4.34. The molecule has 1 rings (SSSR count). The Morgan fingerprint density at radius 2 is 1.67 bits per heavy atom. The van der Waals surface area contributed by atoms with E-state index in [9.17, 15) is 26.3 Å². The van der Waals surface area contributed by atoms with Crippen LogP contribution in [0, 0.1) is 5.92 Å². The molecule has 1 aromatic rings. The van der Waals surface area contributed by atoms with Crippen LogP contribution in [0.4, 0.5) is 26.3 Å². The Morgan fingerprint density at radius 3 is 1.94 bits per heavy atom. The van der Waals surface area contributed by atoms with Gasteiger partial charge in [-0.2, -0.15) is 26.3 Å². The van der Waals surface area contributed by atoms with E-state index in [1.807, 2.05) is 0 Å². The topological polar surface area (TPSA) is 51.2 Å². The summed E-state index contributed by atoms with van der Waals surface area (Å²) in [5, 5.41) is 0. The maximum Gasteiger partial charge on any atom is 0.402 e. The molecule has 10 heteroatoms. The van der Waals surface area contributed by atoms with Gasteiger partial charge in [0.15, 0.2) is 5.92 Å². The van der Waals surface area contributed by atoms with Gasteiger partial charge in [-0.15, -0.1) is 0 Å². The Hall–Kier alpha value is -0.740. The van der Waals surface area contributed by atoms with Crippen LogP contribution in [0.5, 0.6) is 0 Å². The standard InChI is InChI=1S/C8H7BrF6N2O/c9-3-1-2-18-5(3)4(17-16)6(7(10,11)12)8(13,14)15/h1-2,4,6,17H,16H2. The fourth-order valence-corrected chi connectivity index (χ4v) is 1.86. The van der Waals surface area contributed by atoms with Crippen LogP contribution in [0.15, 0.2) is 21.2 Å². The van der Waals surface area contributed by atoms with E-state index in [0.717, 1.165) is 6.26 Å². The van der Waals surface area contributed by atoms with Crippen molar-refractivity contribution in [2.24, 2.45) is 11.8 Å². The molecule has 104 valence electrons. The van der Waals surface area contributed by atoms with E-state index in [0.29, 0.717) is 0 Å². The summed E-state index contributed by atoms with van der Waals surface area (Å²) in [4.78, 5) is 0. The fourth-order valence-electron chi connectivity index (χ4n) is 1.41. The van der Waals surface area contributed by atoms with Crippen molar-refractivity contribution in [3.05, 3.63) is 22.6 Å². The number of furan rings is 1. The van der Waals surface area contributed by atoms with Crippen LogP contribution >= 0.6 is 15.9 Å². The lowest BCUT2D eigenvalue weighted by Gasteiger charge is -2.29. The number of rotatable bonds is 3. The molecular weight excluding hydrogens is 334 g/mol. The minimum Gasteiger partial charge on any atom is -0.466 e. The maximum absolute atomic E-state index is 12.5. The normalized spacial score (nSPS) is 15.2. The van der Waals surface area contributed by atoms with Crippen molar-refractivity contribution in [3.63, 3.8) is 0 Å². The quantitative estimate of drug-likeness (QED) is 0.504. The van der Waals surface area contributed by atoms with E-state index in [4.69, 9.17) is 5.84 Å². The summed E-state index contributed by atoms with van der Waals surface area (Å²) in [7, 11) is 0. The first-order valence-electron chi connectivity index (χ1n) is 4.41. The predicted molar refractivity (Wildman–Crippen MR) is 52.1 cm³/mol. The minimum atomic E-state index is -5.51. The Morgan fingerprint density at radius 1 is 1.17 bits per heavy atom. The Balaban J connectivity index is 3.23. The Bertz CT molecular complexity index is 387. The third kappa shape index (κ3) is 3.18. The van der Waals surface area contributed by atoms with Crippen molar-refractivity contribution in [1.29, 1.82) is 0 Å². The first-order chi connectivity index (χ1) is 8.09. The molecule has 0 aliphatic carbocycles. The lowest BCUT2D eigenvalue weighted by Crippen LogP contribution is -2.47. The molecule has 0 radical (unpaired) electrons. The fraction of sp³-hybridized carbons (Fsp3) is 0.500. The van der Waals surface area contributed by atoms with Crippen molar-refractivity contribution in [1.82, 2.24) is 5.43 Å². The molecule has 0 aliphatic heterocycles. The molecule has 18 heavy (non-hydrogen) atoms. The second kappa shape index (κ2) is 5.10. The number of alkyl halides is 6. The summed E-state index contributed by atoms with van der Waals surface area (Å²) in [5.41, 5.74) is 1.49. The molecule has 0 saturated heterocycles. The van der Waals surface area contributed by atoms with Gasteiger partial charge < -0.3 is 4.42 Å². The second-order valence-corrected chi connectivity index (χ2v) is 4.19. The minimum absolute atomic E-state index is 0.0380. The van der Waals surface area contributed by atoms with E-state index in [-0.39, 0.29) is 4.47 Å². The second-order valence-electron chi connectivity index (χ2n) is 3.34. The van der Waals surface area contributed by atoms with Crippen LogP contribution in [-0.2, 0) is 0 Å². The first-order valence-corrected chi connectivity index (χ1v) is 5.20. The first kappa shape index (κ1) is 15.3. The number of halogens is 7. The van der Waals surface area contributed by atoms with Crippen LogP contribution in [0.3, 0.4) is 0 Å². The van der Waals surface area contributed by atoms with E-state index in [1.54, 1.807) is 0 Å². The van der Waals surface area contributed by atoms with Gasteiger partial charge in [-0.3, -0.25) is 5.84 Å². The van der Waals surface area contributed by atoms with E-state index >= 15 is 0 Å². The summed E-state index contributed by atoms with van der Waals surface area (Å²) < 4.78 is 79.6. The molecule has 1 atom stereocenters. The lowest BCUT2D eigenvalue weighted by atomic mass is 9.97. The molecule has 0 spiro atoms. The van der Waals surface area contributed by atoms with Gasteiger partial charge in [0.25, 0.3) is 0 Å². The molecule has 3 N–H and O–H groups in total. The molecule has 0 bridgehead atoms. The van der Waals surface area contributed by atoms with E-state index in [2.05, 4.69) is 20.3 Å². The van der Waals surface area contributed by atoms with Gasteiger partial charge in [-0.05, 0) is 22.0 Å². The maximum atomic E-state index is 12.5. The highest BCUT2D eigenvalue weighted by Crippen LogP contribution is 2.47. The number of hydrazine groups is 1. The number of nitrogens with one attached hydrogen (secondary N) is 1. The largest absolute Gasteiger partial charge is 0.466 e. The van der Waals surface area contributed by atoms with Crippen molar-refractivity contribution in [2.45, 2.75) is 18.4 Å². The van der Waals surface area contributed by atoms with Crippen molar-refractivity contribution in [2.75, 3.05) is 0 Å².